The molecule has 27 nitrogen and oxygen atoms in total. The molecule has 0 radical (unpaired) electrons. The molecule has 7 atom stereocenters. The van der Waals surface area contributed by atoms with Crippen LogP contribution in [-0.2, 0) is 85.3 Å². The lowest BCUT2D eigenvalue weighted by atomic mass is 9.98. The summed E-state index contributed by atoms with van der Waals surface area (Å²) in [6, 6.07) is 15.6. The number of benzene rings is 3. The number of H-pyrrole nitrogens is 1. The molecule has 0 bridgehead atoms. The van der Waals surface area contributed by atoms with Gasteiger partial charge in [0.15, 0.2) is 5.96 Å². The summed E-state index contributed by atoms with van der Waals surface area (Å²) in [7, 11) is 0. The summed E-state index contributed by atoms with van der Waals surface area (Å²) in [5, 5.41) is 24.6. The first kappa shape index (κ1) is 65.5. The molecule has 0 spiro atoms. The minimum atomic E-state index is -1.60. The number of rotatable bonds is 23. The molecule has 27 heteroatoms. The van der Waals surface area contributed by atoms with Crippen molar-refractivity contribution in [3.63, 3.8) is 0 Å². The highest BCUT2D eigenvalue weighted by atomic mass is 16.5. The van der Waals surface area contributed by atoms with Gasteiger partial charge in [0, 0.05) is 55.5 Å². The molecule has 5 aromatic rings. The molecule has 3 heterocycles. The number of carbonyl (C=O) groups is 10. The Balaban J connectivity index is 1.36. The lowest BCUT2D eigenvalue weighted by molar-refractivity contribution is -0.136. The highest BCUT2D eigenvalue weighted by molar-refractivity contribution is 5.99. The molecular weight excluding hydrogens is 1110 g/mol. The van der Waals surface area contributed by atoms with E-state index in [9.17, 15) is 47.9 Å². The Hall–Kier alpha value is -9.66. The molecule has 0 saturated carbocycles. The zero-order chi connectivity index (χ0) is 62.3. The molecule has 6 rings (SSSR count). The minimum Gasteiger partial charge on any atom is -0.370 e. The van der Waals surface area contributed by atoms with Crippen molar-refractivity contribution in [2.24, 2.45) is 34.0 Å². The lowest BCUT2D eigenvalue weighted by Crippen LogP contribution is -2.61. The van der Waals surface area contributed by atoms with Gasteiger partial charge in [-0.3, -0.25) is 52.9 Å². The van der Waals surface area contributed by atoms with Crippen LogP contribution in [0.2, 0.25) is 0 Å². The Kier molecular flexibility index (Phi) is 24.7. The van der Waals surface area contributed by atoms with Gasteiger partial charge < -0.3 is 79.3 Å². The first-order chi connectivity index (χ1) is 41.1. The van der Waals surface area contributed by atoms with Crippen molar-refractivity contribution in [1.29, 1.82) is 0 Å². The zero-order valence-corrected chi connectivity index (χ0v) is 48.6. The molecule has 460 valence electrons. The van der Waals surface area contributed by atoms with Crippen LogP contribution in [0, 0.1) is 11.8 Å². The van der Waals surface area contributed by atoms with Crippen LogP contribution in [0.1, 0.15) is 75.8 Å². The van der Waals surface area contributed by atoms with E-state index in [2.05, 4.69) is 62.8 Å². The number of fused-ring (bicyclic) bond motifs is 1. The molecule has 1 saturated heterocycles. The van der Waals surface area contributed by atoms with E-state index < -0.39 is 139 Å². The third-order valence-electron chi connectivity index (χ3n) is 14.0. The van der Waals surface area contributed by atoms with Crippen molar-refractivity contribution in [2.45, 2.75) is 128 Å². The maximum atomic E-state index is 14.9. The fourth-order valence-electron chi connectivity index (χ4n) is 9.40. The van der Waals surface area contributed by atoms with Crippen LogP contribution in [0.3, 0.4) is 0 Å². The summed E-state index contributed by atoms with van der Waals surface area (Å²) in [6.45, 7) is 5.83. The number of guanidine groups is 1. The van der Waals surface area contributed by atoms with Crippen LogP contribution in [0.25, 0.3) is 10.9 Å². The predicted octanol–water partition coefficient (Wildman–Crippen LogP) is -1.16. The van der Waals surface area contributed by atoms with Crippen molar-refractivity contribution in [1.82, 2.24) is 62.4 Å². The fraction of sp³-hybridized carbons (Fsp3) is 0.424. The van der Waals surface area contributed by atoms with E-state index in [0.29, 0.717) is 34.3 Å². The molecule has 1 aliphatic rings. The van der Waals surface area contributed by atoms with Crippen molar-refractivity contribution in [3.8, 4) is 0 Å². The van der Waals surface area contributed by atoms with Gasteiger partial charge in [-0.2, -0.15) is 0 Å². The molecule has 1 aliphatic heterocycles. The Labute approximate surface area is 497 Å². The second-order valence-electron chi connectivity index (χ2n) is 21.6. The van der Waals surface area contributed by atoms with Gasteiger partial charge in [-0.05, 0) is 53.9 Å². The molecule has 10 amide bonds. The summed E-state index contributed by atoms with van der Waals surface area (Å²) >= 11 is 0. The highest BCUT2D eigenvalue weighted by Crippen LogP contribution is 2.20. The number of aliphatic imine (C=N–C) groups is 1. The summed E-state index contributed by atoms with van der Waals surface area (Å²) in [4.78, 5) is 152. The monoisotopic (exact) mass is 1190 g/mol. The number of para-hydroxylation sites is 1. The van der Waals surface area contributed by atoms with E-state index >= 15 is 0 Å². The Morgan fingerprint density at radius 1 is 0.686 bits per heavy atom. The maximum Gasteiger partial charge on any atom is 0.243 e. The van der Waals surface area contributed by atoms with Crippen molar-refractivity contribution in [3.05, 3.63) is 126 Å². The first-order valence-electron chi connectivity index (χ1n) is 28.3. The predicted molar refractivity (Wildman–Crippen MR) is 317 cm³/mol. The Morgan fingerprint density at radius 3 is 1.94 bits per heavy atom. The number of nitrogens with one attached hydrogen (secondary N) is 10. The maximum absolute atomic E-state index is 14.9. The Bertz CT molecular complexity index is 3180. The number of aromatic nitrogens is 3. The van der Waals surface area contributed by atoms with Crippen LogP contribution in [0.4, 0.5) is 0 Å². The topological polar surface area (TPSA) is 412 Å². The van der Waals surface area contributed by atoms with E-state index in [1.807, 2.05) is 36.4 Å². The average molecular weight is 1190 g/mol. The van der Waals surface area contributed by atoms with E-state index in [4.69, 9.17) is 21.9 Å². The van der Waals surface area contributed by atoms with Crippen LogP contribution < -0.4 is 65.1 Å². The molecule has 0 aliphatic carbocycles. The van der Waals surface area contributed by atoms with Crippen molar-refractivity contribution in [2.75, 3.05) is 19.6 Å². The van der Waals surface area contributed by atoms with Gasteiger partial charge in [0.1, 0.15) is 49.0 Å². The van der Waals surface area contributed by atoms with Gasteiger partial charge in [0.2, 0.25) is 59.1 Å². The van der Waals surface area contributed by atoms with E-state index in [-0.39, 0.29) is 51.3 Å². The molecule has 1 fully saturated rings. The molecule has 2 aromatic heterocycles. The quantitative estimate of drug-likeness (QED) is 0.0209. The normalized spacial score (nSPS) is 19.1. The van der Waals surface area contributed by atoms with Crippen molar-refractivity contribution >= 4 is 75.9 Å². The van der Waals surface area contributed by atoms with Gasteiger partial charge in [0.05, 0.1) is 31.7 Å². The van der Waals surface area contributed by atoms with Crippen LogP contribution in [-0.4, -0.2) is 141 Å². The van der Waals surface area contributed by atoms with E-state index in [0.717, 1.165) is 5.56 Å². The van der Waals surface area contributed by atoms with Gasteiger partial charge in [-0.25, -0.2) is 4.98 Å². The zero-order valence-electron chi connectivity index (χ0n) is 48.6. The summed E-state index contributed by atoms with van der Waals surface area (Å²) in [6.07, 6.45) is 3.43. The SMILES string of the molecule is CC(C)[C@H](NC(=O)[C@@H]1CCC(=O)NCC(=O)N[C@@H](Cc2cn(COCc3ccccc3)cn2)C(=O)N[C@H](Cc2ccccc2)C(=O)N[C@@H](CCCN=C(N)N)C(=O)N[C@@H](Cc2c[nH]c3ccccc23)C(=O)N1)C(=O)N[C@H](C(=O)NCC(N)=O)C(C)C. The van der Waals surface area contributed by atoms with Gasteiger partial charge in [-0.1, -0.05) is 107 Å². The number of hydrogen-bond acceptors (Lipinski definition) is 13. The second kappa shape index (κ2) is 32.4. The van der Waals surface area contributed by atoms with Crippen molar-refractivity contribution < 1.29 is 52.7 Å². The molecular formula is C59H78N16O11. The number of amides is 10. The number of nitrogens with two attached hydrogens (primary N) is 3. The van der Waals surface area contributed by atoms with E-state index in [1.54, 1.807) is 93.2 Å². The fourth-order valence-corrected chi connectivity index (χ4v) is 9.40. The third kappa shape index (κ3) is 20.6. The summed E-state index contributed by atoms with van der Waals surface area (Å²) in [5.74, 6) is -9.59. The Morgan fingerprint density at radius 2 is 1.28 bits per heavy atom. The van der Waals surface area contributed by atoms with Gasteiger partial charge in [0.25, 0.3) is 0 Å². The standard InChI is InChI=1S/C59H78N16O11/c1-34(2)50(57(84)66-28-47(60)76)74-58(85)51(35(3)4)73-53(80)43-21-22-48(77)65-29-49(78)68-46(26-39-30-75(32-67-39)33-86-31-37-16-9-6-10-17-37)56(83)71-44(24-36-14-7-5-8-15-36)54(81)69-42(20-13-23-63-59(61)62)52(79)72-45(55(82)70-43)25-38-27-64-41-19-12-11-18-40(38)41/h5-12,14-19,27,30,32,34-35,42-46,50-51,64H,13,20-26,28-29,31,33H2,1-4H3,(H2,60,76)(H,65,77)(H,66,84)(H,68,78)(H,69,81)(H,70,82)(H,71,83)(H,72,79)(H,73,80)(H,74,85)(H4,61,62,63)/t42-,43-,44+,45-,46-,50-,51-/m0/s1. The number of aromatic amines is 1. The molecule has 86 heavy (non-hydrogen) atoms. The largest absolute Gasteiger partial charge is 0.370 e. The van der Waals surface area contributed by atoms with Gasteiger partial charge in [-0.15, -0.1) is 0 Å². The lowest BCUT2D eigenvalue weighted by Gasteiger charge is -2.29. The van der Waals surface area contributed by atoms with E-state index in [1.165, 1.54) is 6.33 Å². The summed E-state index contributed by atoms with van der Waals surface area (Å²) < 4.78 is 7.51. The minimum absolute atomic E-state index is 0.0299. The third-order valence-corrected chi connectivity index (χ3v) is 14.0. The smallest absolute Gasteiger partial charge is 0.243 e. The molecule has 3 aromatic carbocycles. The van der Waals surface area contributed by atoms with Crippen LogP contribution in [0.5, 0.6) is 0 Å². The molecule has 0 unspecified atom stereocenters. The molecule has 16 N–H and O–H groups in total. The average Bonchev–Trinajstić information content (AvgIpc) is 3.65. The highest BCUT2D eigenvalue weighted by Gasteiger charge is 2.36. The van der Waals surface area contributed by atoms with Crippen LogP contribution >= 0.6 is 0 Å². The second-order valence-corrected chi connectivity index (χ2v) is 21.6. The summed E-state index contributed by atoms with van der Waals surface area (Å²) in [5.41, 5.74) is 19.7. The number of nitrogens with zero attached hydrogens (tertiary/aromatic N) is 3. The van der Waals surface area contributed by atoms with Crippen LogP contribution in [0.15, 0.2) is 109 Å². The number of ether oxygens (including phenoxy) is 1. The first-order valence-corrected chi connectivity index (χ1v) is 28.3. The number of imidazole rings is 1. The number of carbonyl (C=O) groups excluding carboxylic acids is 10. The number of hydrogen-bond donors (Lipinski definition) is 13. The van der Waals surface area contributed by atoms with Gasteiger partial charge >= 0.3 is 0 Å². The number of primary amides is 1.